The lowest BCUT2D eigenvalue weighted by molar-refractivity contribution is 0.516. The van der Waals surface area contributed by atoms with Gasteiger partial charge in [0.1, 0.15) is 4.60 Å². The first-order chi connectivity index (χ1) is 8.01. The Hall–Kier alpha value is -1.23. The first-order valence-corrected chi connectivity index (χ1v) is 6.36. The highest BCUT2D eigenvalue weighted by atomic mass is 79.9. The maximum Gasteiger partial charge on any atom is 0.251 e. The quantitative estimate of drug-likeness (QED) is 0.811. The lowest BCUT2D eigenvalue weighted by Gasteiger charge is -2.14. The van der Waals surface area contributed by atoms with Gasteiger partial charge >= 0.3 is 0 Å². The summed E-state index contributed by atoms with van der Waals surface area (Å²) in [5.41, 5.74) is 0.830. The number of pyridine rings is 1. The van der Waals surface area contributed by atoms with Crippen LogP contribution in [0, 0.1) is 6.92 Å². The van der Waals surface area contributed by atoms with Crippen molar-refractivity contribution in [3.05, 3.63) is 32.9 Å². The minimum atomic E-state index is 0.00187. The van der Waals surface area contributed by atoms with E-state index in [1.165, 1.54) is 0 Å². The molecule has 1 saturated carbocycles. The molecule has 17 heavy (non-hydrogen) atoms. The minimum absolute atomic E-state index is 0.00187. The summed E-state index contributed by atoms with van der Waals surface area (Å²) < 4.78 is 2.51. The molecule has 0 aliphatic heterocycles. The van der Waals surface area contributed by atoms with Gasteiger partial charge in [0.2, 0.25) is 0 Å². The second-order valence-electron chi connectivity index (χ2n) is 4.88. The van der Waals surface area contributed by atoms with Crippen molar-refractivity contribution in [2.75, 3.05) is 0 Å². The van der Waals surface area contributed by atoms with Crippen LogP contribution in [0.3, 0.4) is 0 Å². The normalized spacial score (nSPS) is 17.4. The first kappa shape index (κ1) is 10.9. The van der Waals surface area contributed by atoms with Gasteiger partial charge in [0, 0.05) is 28.6 Å². The third-order valence-corrected chi connectivity index (χ3v) is 4.09. The van der Waals surface area contributed by atoms with E-state index >= 15 is 0 Å². The minimum Gasteiger partial charge on any atom is -0.309 e. The van der Waals surface area contributed by atoms with Gasteiger partial charge < -0.3 is 4.57 Å². The van der Waals surface area contributed by atoms with Crippen molar-refractivity contribution in [2.24, 2.45) is 0 Å². The Morgan fingerprint density at radius 3 is 2.71 bits per heavy atom. The standard InChI is InChI=1S/C12H12BrN3O/c1-7-8-5-10(17)16(12(2)3-4-12)6-9(8)11(13)15-14-7/h5-6H,3-4H2,1-2H3. The molecule has 0 N–H and O–H groups in total. The molecule has 2 aromatic heterocycles. The predicted octanol–water partition coefficient (Wildman–Crippen LogP) is 2.37. The second kappa shape index (κ2) is 3.38. The van der Waals surface area contributed by atoms with E-state index in [0.717, 1.165) is 29.3 Å². The van der Waals surface area contributed by atoms with Crippen molar-refractivity contribution in [2.45, 2.75) is 32.2 Å². The molecule has 0 amide bonds. The number of fused-ring (bicyclic) bond motifs is 1. The molecule has 4 nitrogen and oxygen atoms in total. The van der Waals surface area contributed by atoms with Crippen LogP contribution in [0.25, 0.3) is 10.8 Å². The van der Waals surface area contributed by atoms with E-state index in [4.69, 9.17) is 0 Å². The maximum absolute atomic E-state index is 12.1. The highest BCUT2D eigenvalue weighted by molar-refractivity contribution is 9.10. The van der Waals surface area contributed by atoms with Crippen molar-refractivity contribution in [1.29, 1.82) is 0 Å². The Morgan fingerprint density at radius 2 is 2.06 bits per heavy atom. The number of aromatic nitrogens is 3. The molecule has 0 spiro atoms. The topological polar surface area (TPSA) is 47.8 Å². The molecule has 0 radical (unpaired) electrons. The molecule has 88 valence electrons. The number of rotatable bonds is 1. The number of halogens is 1. The Labute approximate surface area is 107 Å². The van der Waals surface area contributed by atoms with Crippen molar-refractivity contribution in [3.63, 3.8) is 0 Å². The molecule has 0 atom stereocenters. The van der Waals surface area contributed by atoms with Crippen molar-refractivity contribution in [1.82, 2.24) is 14.8 Å². The van der Waals surface area contributed by atoms with Crippen LogP contribution in [0.4, 0.5) is 0 Å². The van der Waals surface area contributed by atoms with Crippen molar-refractivity contribution >= 4 is 26.7 Å². The van der Waals surface area contributed by atoms with Gasteiger partial charge in [-0.15, -0.1) is 5.10 Å². The van der Waals surface area contributed by atoms with Gasteiger partial charge in [-0.3, -0.25) is 4.79 Å². The lowest BCUT2D eigenvalue weighted by atomic mass is 10.2. The van der Waals surface area contributed by atoms with E-state index < -0.39 is 0 Å². The van der Waals surface area contributed by atoms with Crippen LogP contribution >= 0.6 is 15.9 Å². The van der Waals surface area contributed by atoms with Crippen LogP contribution in [0.2, 0.25) is 0 Å². The Morgan fingerprint density at radius 1 is 1.35 bits per heavy atom. The zero-order valence-corrected chi connectivity index (χ0v) is 11.3. The highest BCUT2D eigenvalue weighted by Gasteiger charge is 2.40. The smallest absolute Gasteiger partial charge is 0.251 e. The number of aryl methyl sites for hydroxylation is 1. The van der Waals surface area contributed by atoms with E-state index in [0.29, 0.717) is 4.60 Å². The van der Waals surface area contributed by atoms with Gasteiger partial charge in [-0.05, 0) is 42.6 Å². The fourth-order valence-corrected chi connectivity index (χ4v) is 2.46. The van der Waals surface area contributed by atoms with E-state index in [1.807, 2.05) is 17.7 Å². The van der Waals surface area contributed by atoms with Crippen LogP contribution < -0.4 is 5.56 Å². The largest absolute Gasteiger partial charge is 0.309 e. The molecular weight excluding hydrogens is 282 g/mol. The first-order valence-electron chi connectivity index (χ1n) is 5.57. The molecule has 0 bridgehead atoms. The molecule has 1 fully saturated rings. The van der Waals surface area contributed by atoms with Crippen LogP contribution in [-0.2, 0) is 5.54 Å². The maximum atomic E-state index is 12.1. The molecule has 0 saturated heterocycles. The van der Waals surface area contributed by atoms with Crippen molar-refractivity contribution < 1.29 is 0 Å². The summed E-state index contributed by atoms with van der Waals surface area (Å²) in [6.45, 7) is 3.97. The number of hydrogen-bond acceptors (Lipinski definition) is 3. The molecule has 1 aliphatic rings. The average molecular weight is 294 g/mol. The summed E-state index contributed by atoms with van der Waals surface area (Å²) in [7, 11) is 0. The number of nitrogens with zero attached hydrogens (tertiary/aromatic N) is 3. The zero-order valence-electron chi connectivity index (χ0n) is 9.70. The summed E-state index contributed by atoms with van der Waals surface area (Å²) >= 11 is 3.39. The number of hydrogen-bond donors (Lipinski definition) is 0. The van der Waals surface area contributed by atoms with Gasteiger partial charge in [-0.2, -0.15) is 5.10 Å². The van der Waals surface area contributed by atoms with Crippen molar-refractivity contribution in [3.8, 4) is 0 Å². The van der Waals surface area contributed by atoms with Crippen LogP contribution in [0.15, 0.2) is 21.7 Å². The molecule has 3 rings (SSSR count). The van der Waals surface area contributed by atoms with E-state index in [9.17, 15) is 4.79 Å². The monoisotopic (exact) mass is 293 g/mol. The Balaban J connectivity index is 2.39. The third-order valence-electron chi connectivity index (χ3n) is 3.51. The van der Waals surface area contributed by atoms with Gasteiger partial charge in [0.25, 0.3) is 5.56 Å². The molecule has 5 heteroatoms. The van der Waals surface area contributed by atoms with Crippen LogP contribution in [-0.4, -0.2) is 14.8 Å². The molecule has 0 aromatic carbocycles. The molecule has 2 heterocycles. The van der Waals surface area contributed by atoms with E-state index in [-0.39, 0.29) is 11.1 Å². The molecule has 1 aliphatic carbocycles. The zero-order chi connectivity index (χ0) is 12.2. The third kappa shape index (κ3) is 1.60. The molecular formula is C12H12BrN3O. The second-order valence-corrected chi connectivity index (χ2v) is 5.63. The van der Waals surface area contributed by atoms with Crippen LogP contribution in [0.1, 0.15) is 25.5 Å². The summed E-state index contributed by atoms with van der Waals surface area (Å²) in [5, 5.41) is 9.86. The SMILES string of the molecule is Cc1nnc(Br)c2cn(C3(C)CC3)c(=O)cc12. The van der Waals surface area contributed by atoms with E-state index in [2.05, 4.69) is 33.1 Å². The highest BCUT2D eigenvalue weighted by Crippen LogP contribution is 2.42. The summed E-state index contributed by atoms with van der Waals surface area (Å²) in [6.07, 6.45) is 4.03. The fraction of sp³-hybridized carbons (Fsp3) is 0.417. The van der Waals surface area contributed by atoms with E-state index in [1.54, 1.807) is 6.07 Å². The van der Waals surface area contributed by atoms with Gasteiger partial charge in [-0.25, -0.2) is 0 Å². The average Bonchev–Trinajstić information content (AvgIpc) is 3.03. The fourth-order valence-electron chi connectivity index (χ4n) is 2.07. The Bertz CT molecular complexity index is 673. The van der Waals surface area contributed by atoms with Gasteiger partial charge in [0.05, 0.1) is 5.69 Å². The summed E-state index contributed by atoms with van der Waals surface area (Å²) in [4.78, 5) is 12.1. The van der Waals surface area contributed by atoms with Crippen LogP contribution in [0.5, 0.6) is 0 Å². The summed E-state index contributed by atoms with van der Waals surface area (Å²) in [6, 6.07) is 1.66. The predicted molar refractivity (Wildman–Crippen MR) is 69.1 cm³/mol. The Kier molecular flexibility index (Phi) is 2.17. The van der Waals surface area contributed by atoms with Gasteiger partial charge in [-0.1, -0.05) is 0 Å². The lowest BCUT2D eigenvalue weighted by Crippen LogP contribution is -2.27. The van der Waals surface area contributed by atoms with Gasteiger partial charge in [0.15, 0.2) is 0 Å². The summed E-state index contributed by atoms with van der Waals surface area (Å²) in [5.74, 6) is 0. The molecule has 2 aromatic rings. The molecule has 0 unspecified atom stereocenters.